The first-order chi connectivity index (χ1) is 11.5. The quantitative estimate of drug-likeness (QED) is 0.848. The van der Waals surface area contributed by atoms with Gasteiger partial charge in [-0.3, -0.25) is 0 Å². The van der Waals surface area contributed by atoms with E-state index in [1.165, 1.54) is 19.3 Å². The van der Waals surface area contributed by atoms with Gasteiger partial charge in [-0.1, -0.05) is 6.42 Å². The lowest BCUT2D eigenvalue weighted by Gasteiger charge is -2.28. The van der Waals surface area contributed by atoms with Gasteiger partial charge in [0.1, 0.15) is 22.9 Å². The summed E-state index contributed by atoms with van der Waals surface area (Å²) in [6.07, 6.45) is 5.62. The highest BCUT2D eigenvalue weighted by molar-refractivity contribution is 5.45. The van der Waals surface area contributed by atoms with Crippen LogP contribution in [0.25, 0.3) is 0 Å². The number of methoxy groups -OCH3 is 1. The van der Waals surface area contributed by atoms with Gasteiger partial charge in [0.2, 0.25) is 0 Å². The fraction of sp³-hybridized carbons (Fsp3) is 0.526. The van der Waals surface area contributed by atoms with Crippen molar-refractivity contribution in [3.05, 3.63) is 35.7 Å². The summed E-state index contributed by atoms with van der Waals surface area (Å²) in [5.74, 6) is 3.25. The monoisotopic (exact) mass is 328 g/mol. The Labute approximate surface area is 142 Å². The van der Waals surface area contributed by atoms with Crippen molar-refractivity contribution in [1.29, 1.82) is 0 Å². The maximum absolute atomic E-state index is 6.23. The Bertz CT molecular complexity index is 734. The van der Waals surface area contributed by atoms with E-state index in [9.17, 15) is 0 Å². The summed E-state index contributed by atoms with van der Waals surface area (Å²) in [7, 11) is 1.67. The van der Waals surface area contributed by atoms with Crippen molar-refractivity contribution < 1.29 is 13.9 Å². The Balaban J connectivity index is 1.64. The van der Waals surface area contributed by atoms with Crippen molar-refractivity contribution in [3.8, 4) is 11.5 Å². The van der Waals surface area contributed by atoms with Crippen LogP contribution in [0.1, 0.15) is 50.4 Å². The van der Waals surface area contributed by atoms with Crippen LogP contribution in [0.5, 0.6) is 11.5 Å². The molecule has 4 rings (SSSR count). The van der Waals surface area contributed by atoms with E-state index in [1.54, 1.807) is 7.11 Å². The van der Waals surface area contributed by atoms with Gasteiger partial charge in [-0.15, -0.1) is 0 Å². The van der Waals surface area contributed by atoms with Crippen LogP contribution in [0.3, 0.4) is 0 Å². The first kappa shape index (κ1) is 15.4. The number of oxazole rings is 1. The van der Waals surface area contributed by atoms with Crippen molar-refractivity contribution in [3.63, 3.8) is 0 Å². The molecule has 1 fully saturated rings. The molecule has 0 radical (unpaired) electrons. The summed E-state index contributed by atoms with van der Waals surface area (Å²) in [5, 5.41) is 0. The second kappa shape index (κ2) is 5.72. The Morgan fingerprint density at radius 3 is 2.83 bits per heavy atom. The number of anilines is 1. The fourth-order valence-electron chi connectivity index (χ4n) is 3.38. The average molecular weight is 328 g/mol. The first-order valence-corrected chi connectivity index (χ1v) is 8.61. The van der Waals surface area contributed by atoms with E-state index in [0.29, 0.717) is 25.0 Å². The molecule has 5 heteroatoms. The summed E-state index contributed by atoms with van der Waals surface area (Å²) < 4.78 is 17.6. The predicted molar refractivity (Wildman–Crippen MR) is 91.8 cm³/mol. The molecule has 128 valence electrons. The number of fused-ring (bicyclic) bond motifs is 1. The minimum absolute atomic E-state index is 0.345. The lowest BCUT2D eigenvalue weighted by molar-refractivity contribution is 0.119. The molecule has 0 spiro atoms. The number of hydrogen-bond acceptors (Lipinski definition) is 5. The Morgan fingerprint density at radius 2 is 2.12 bits per heavy atom. The molecule has 1 saturated carbocycles. The number of nitrogens with zero attached hydrogens (tertiary/aromatic N) is 2. The zero-order chi connectivity index (χ0) is 16.7. The molecule has 0 bridgehead atoms. The average Bonchev–Trinajstić information content (AvgIpc) is 2.89. The van der Waals surface area contributed by atoms with Gasteiger partial charge in [0.15, 0.2) is 0 Å². The van der Waals surface area contributed by atoms with Crippen LogP contribution in [0, 0.1) is 0 Å². The number of benzene rings is 1. The molecular weight excluding hydrogens is 304 g/mol. The molecule has 0 amide bonds. The van der Waals surface area contributed by atoms with Gasteiger partial charge in [0.25, 0.3) is 6.01 Å². The van der Waals surface area contributed by atoms with Crippen LogP contribution in [0.4, 0.5) is 6.01 Å². The maximum Gasteiger partial charge on any atom is 0.297 e. The van der Waals surface area contributed by atoms with Crippen LogP contribution in [0.2, 0.25) is 0 Å². The van der Waals surface area contributed by atoms with E-state index >= 15 is 0 Å². The molecule has 1 aliphatic heterocycles. The SMILES string of the molecule is COc1ccc2c(c1)OC(C)(C)CN(c1ncc(C3CCC3)o1)C2. The molecule has 5 nitrogen and oxygen atoms in total. The minimum Gasteiger partial charge on any atom is -0.497 e. The second-order valence-electron chi connectivity index (χ2n) is 7.36. The topological polar surface area (TPSA) is 47.7 Å². The number of ether oxygens (including phenoxy) is 2. The van der Waals surface area contributed by atoms with E-state index in [2.05, 4.69) is 29.8 Å². The minimum atomic E-state index is -0.345. The van der Waals surface area contributed by atoms with E-state index in [1.807, 2.05) is 18.3 Å². The molecule has 2 heterocycles. The standard InChI is InChI=1S/C19H24N2O3/c1-19(2)12-21(18-20-10-17(23-18)13-5-4-6-13)11-14-7-8-15(22-3)9-16(14)24-19/h7-10,13H,4-6,11-12H2,1-3H3. The highest BCUT2D eigenvalue weighted by atomic mass is 16.5. The van der Waals surface area contributed by atoms with Gasteiger partial charge < -0.3 is 18.8 Å². The van der Waals surface area contributed by atoms with Crippen molar-refractivity contribution in [2.75, 3.05) is 18.6 Å². The summed E-state index contributed by atoms with van der Waals surface area (Å²) in [6, 6.07) is 6.67. The van der Waals surface area contributed by atoms with E-state index < -0.39 is 0 Å². The van der Waals surface area contributed by atoms with Crippen molar-refractivity contribution in [2.45, 2.75) is 51.2 Å². The molecule has 0 N–H and O–H groups in total. The predicted octanol–water partition coefficient (Wildman–Crippen LogP) is 4.13. The second-order valence-corrected chi connectivity index (χ2v) is 7.36. The van der Waals surface area contributed by atoms with E-state index in [0.717, 1.165) is 22.8 Å². The fourth-order valence-corrected chi connectivity index (χ4v) is 3.38. The molecule has 24 heavy (non-hydrogen) atoms. The highest BCUT2D eigenvalue weighted by Crippen LogP contribution is 2.39. The van der Waals surface area contributed by atoms with Gasteiger partial charge >= 0.3 is 0 Å². The van der Waals surface area contributed by atoms with Crippen LogP contribution in [0.15, 0.2) is 28.8 Å². The summed E-state index contributed by atoms with van der Waals surface area (Å²) in [4.78, 5) is 6.70. The van der Waals surface area contributed by atoms with Crippen LogP contribution >= 0.6 is 0 Å². The third kappa shape index (κ3) is 2.83. The first-order valence-electron chi connectivity index (χ1n) is 8.61. The molecule has 2 aromatic rings. The van der Waals surface area contributed by atoms with Crippen molar-refractivity contribution >= 4 is 6.01 Å². The van der Waals surface area contributed by atoms with Crippen LogP contribution < -0.4 is 14.4 Å². The van der Waals surface area contributed by atoms with Gasteiger partial charge in [0.05, 0.1) is 26.4 Å². The molecule has 2 aliphatic rings. The lowest BCUT2D eigenvalue weighted by Crippen LogP contribution is -2.40. The van der Waals surface area contributed by atoms with E-state index in [-0.39, 0.29) is 5.60 Å². The summed E-state index contributed by atoms with van der Waals surface area (Å²) in [6.45, 7) is 5.61. The molecule has 0 saturated heterocycles. The summed E-state index contributed by atoms with van der Waals surface area (Å²) >= 11 is 0. The third-order valence-corrected chi connectivity index (χ3v) is 4.88. The van der Waals surface area contributed by atoms with Crippen LogP contribution in [-0.2, 0) is 6.54 Å². The number of aromatic nitrogens is 1. The van der Waals surface area contributed by atoms with Gasteiger partial charge in [-0.2, -0.15) is 0 Å². The normalized spacial score (nSPS) is 19.9. The number of hydrogen-bond donors (Lipinski definition) is 0. The zero-order valence-corrected chi connectivity index (χ0v) is 14.5. The molecule has 0 atom stereocenters. The summed E-state index contributed by atoms with van der Waals surface area (Å²) in [5.41, 5.74) is 0.771. The third-order valence-electron chi connectivity index (χ3n) is 4.88. The highest BCUT2D eigenvalue weighted by Gasteiger charge is 2.32. The largest absolute Gasteiger partial charge is 0.497 e. The van der Waals surface area contributed by atoms with Crippen molar-refractivity contribution in [2.24, 2.45) is 0 Å². The molecule has 1 aliphatic carbocycles. The van der Waals surface area contributed by atoms with Crippen molar-refractivity contribution in [1.82, 2.24) is 4.98 Å². The Hall–Kier alpha value is -2.17. The maximum atomic E-state index is 6.23. The van der Waals surface area contributed by atoms with Gasteiger partial charge in [-0.05, 0) is 38.8 Å². The lowest BCUT2D eigenvalue weighted by atomic mass is 9.84. The van der Waals surface area contributed by atoms with Gasteiger partial charge in [-0.25, -0.2) is 4.98 Å². The molecule has 1 aromatic heterocycles. The van der Waals surface area contributed by atoms with Crippen LogP contribution in [-0.4, -0.2) is 24.2 Å². The molecule has 1 aromatic carbocycles. The van der Waals surface area contributed by atoms with E-state index in [4.69, 9.17) is 13.9 Å². The molecular formula is C19H24N2O3. The number of rotatable bonds is 3. The zero-order valence-electron chi connectivity index (χ0n) is 14.5. The Morgan fingerprint density at radius 1 is 1.29 bits per heavy atom. The molecule has 0 unspecified atom stereocenters. The smallest absolute Gasteiger partial charge is 0.297 e. The Kier molecular flexibility index (Phi) is 3.66. The van der Waals surface area contributed by atoms with Gasteiger partial charge in [0, 0.05) is 17.5 Å².